The molecule has 1 aromatic heterocycles. The highest BCUT2D eigenvalue weighted by molar-refractivity contribution is 5.93. The summed E-state index contributed by atoms with van der Waals surface area (Å²) in [5, 5.41) is 0.833. The third-order valence-corrected chi connectivity index (χ3v) is 7.62. The maximum Gasteiger partial charge on any atom is 0.251 e. The first-order valence-electron chi connectivity index (χ1n) is 13.3. The molecule has 10 heteroatoms. The normalized spacial score (nSPS) is 22.8. The molecule has 0 amide bonds. The summed E-state index contributed by atoms with van der Waals surface area (Å²) in [5.41, 5.74) is 7.20. The van der Waals surface area contributed by atoms with Crippen molar-refractivity contribution in [1.82, 2.24) is 14.9 Å². The fourth-order valence-electron chi connectivity index (χ4n) is 5.47. The van der Waals surface area contributed by atoms with Crippen LogP contribution in [0.1, 0.15) is 51.4 Å². The van der Waals surface area contributed by atoms with Gasteiger partial charge in [-0.25, -0.2) is 13.8 Å². The fraction of sp³-hybridized carbons (Fsp3) is 0.692. The first kappa shape index (κ1) is 25.2. The Morgan fingerprint density at radius 2 is 1.75 bits per heavy atom. The van der Waals surface area contributed by atoms with Crippen molar-refractivity contribution in [3.63, 3.8) is 0 Å². The van der Waals surface area contributed by atoms with E-state index in [1.165, 1.54) is 25.9 Å². The lowest BCUT2D eigenvalue weighted by Gasteiger charge is -2.36. The summed E-state index contributed by atoms with van der Waals surface area (Å²) in [6.45, 7) is 5.19. The van der Waals surface area contributed by atoms with Gasteiger partial charge in [-0.2, -0.15) is 4.98 Å². The molecule has 2 aromatic rings. The van der Waals surface area contributed by atoms with Crippen LogP contribution in [-0.2, 0) is 0 Å². The molecule has 3 saturated heterocycles. The average Bonchev–Trinajstić information content (AvgIpc) is 3.39. The van der Waals surface area contributed by atoms with Crippen LogP contribution in [0.15, 0.2) is 12.1 Å². The molecule has 8 nitrogen and oxygen atoms in total. The smallest absolute Gasteiger partial charge is 0.251 e. The number of piperidine rings is 2. The number of methoxy groups -OCH3 is 1. The topological polar surface area (TPSA) is 80.0 Å². The Morgan fingerprint density at radius 1 is 1.00 bits per heavy atom. The van der Waals surface area contributed by atoms with Gasteiger partial charge in [-0.3, -0.25) is 0 Å². The molecular formula is C26H38F2N6O2. The molecule has 0 radical (unpaired) electrons. The predicted molar refractivity (Wildman–Crippen MR) is 137 cm³/mol. The monoisotopic (exact) mass is 504 g/mol. The van der Waals surface area contributed by atoms with E-state index in [2.05, 4.69) is 9.80 Å². The Bertz CT molecular complexity index is 1040. The number of benzene rings is 1. The first-order chi connectivity index (χ1) is 17.4. The first-order valence-corrected chi connectivity index (χ1v) is 13.3. The van der Waals surface area contributed by atoms with Crippen LogP contribution in [0.25, 0.3) is 10.9 Å². The zero-order valence-corrected chi connectivity index (χ0v) is 21.2. The highest BCUT2D eigenvalue weighted by atomic mass is 19.3. The molecule has 5 rings (SSSR count). The molecule has 2 N–H and O–H groups in total. The van der Waals surface area contributed by atoms with Gasteiger partial charge in [-0.05, 0) is 57.7 Å². The van der Waals surface area contributed by atoms with E-state index in [0.29, 0.717) is 29.6 Å². The van der Waals surface area contributed by atoms with Gasteiger partial charge in [0.05, 0.1) is 25.4 Å². The number of alkyl halides is 2. The zero-order valence-electron chi connectivity index (χ0n) is 21.2. The third-order valence-electron chi connectivity index (χ3n) is 7.62. The van der Waals surface area contributed by atoms with Crippen LogP contribution < -0.4 is 25.0 Å². The van der Waals surface area contributed by atoms with Gasteiger partial charge in [0.1, 0.15) is 5.82 Å². The van der Waals surface area contributed by atoms with E-state index in [0.717, 1.165) is 50.0 Å². The Morgan fingerprint density at radius 3 is 2.47 bits per heavy atom. The van der Waals surface area contributed by atoms with Gasteiger partial charge in [0, 0.05) is 50.5 Å². The number of hydrogen-bond acceptors (Lipinski definition) is 8. The minimum Gasteiger partial charge on any atom is -0.493 e. The number of rotatable bonds is 8. The number of aromatic nitrogens is 2. The van der Waals surface area contributed by atoms with Crippen molar-refractivity contribution in [3.8, 4) is 11.5 Å². The third kappa shape index (κ3) is 5.59. The average molecular weight is 505 g/mol. The minimum absolute atomic E-state index is 0.150. The molecule has 1 aromatic carbocycles. The molecule has 4 heterocycles. The molecule has 3 aliphatic heterocycles. The summed E-state index contributed by atoms with van der Waals surface area (Å²) in [6.07, 6.45) is 5.94. The second-order valence-corrected chi connectivity index (χ2v) is 10.2. The number of nitrogens with zero attached hydrogens (tertiary/aromatic N) is 5. The van der Waals surface area contributed by atoms with E-state index in [1.807, 2.05) is 17.0 Å². The van der Waals surface area contributed by atoms with Gasteiger partial charge in [-0.15, -0.1) is 0 Å². The van der Waals surface area contributed by atoms with Crippen LogP contribution in [0, 0.1) is 0 Å². The van der Waals surface area contributed by atoms with Crippen molar-refractivity contribution in [2.24, 2.45) is 5.73 Å². The van der Waals surface area contributed by atoms with Gasteiger partial charge in [0.2, 0.25) is 5.95 Å². The van der Waals surface area contributed by atoms with Crippen molar-refractivity contribution in [1.29, 1.82) is 0 Å². The van der Waals surface area contributed by atoms with Crippen LogP contribution >= 0.6 is 0 Å². The summed E-state index contributed by atoms with van der Waals surface area (Å²) in [4.78, 5) is 16.1. The molecule has 0 spiro atoms. The molecular weight excluding hydrogens is 466 g/mol. The zero-order chi connectivity index (χ0) is 25.1. The number of anilines is 2. The fourth-order valence-corrected chi connectivity index (χ4v) is 5.47. The lowest BCUT2D eigenvalue weighted by Crippen LogP contribution is -2.46. The molecule has 3 fully saturated rings. The highest BCUT2D eigenvalue weighted by Crippen LogP contribution is 2.38. The minimum atomic E-state index is -2.63. The summed E-state index contributed by atoms with van der Waals surface area (Å²) in [7, 11) is 1.63. The molecule has 36 heavy (non-hydrogen) atoms. The van der Waals surface area contributed by atoms with Gasteiger partial charge >= 0.3 is 0 Å². The van der Waals surface area contributed by atoms with Crippen molar-refractivity contribution < 1.29 is 18.3 Å². The number of likely N-dealkylation sites (tertiary alicyclic amines) is 1. The second kappa shape index (κ2) is 10.9. The van der Waals surface area contributed by atoms with Crippen LogP contribution in [-0.4, -0.2) is 79.9 Å². The Kier molecular flexibility index (Phi) is 7.62. The molecule has 1 atom stereocenters. The summed E-state index contributed by atoms with van der Waals surface area (Å²) < 4.78 is 39.5. The molecule has 198 valence electrons. The predicted octanol–water partition coefficient (Wildman–Crippen LogP) is 4.01. The van der Waals surface area contributed by atoms with Gasteiger partial charge in [-0.1, -0.05) is 0 Å². The van der Waals surface area contributed by atoms with E-state index in [-0.39, 0.29) is 32.1 Å². The summed E-state index contributed by atoms with van der Waals surface area (Å²) >= 11 is 0. The largest absolute Gasteiger partial charge is 0.493 e. The molecule has 1 unspecified atom stereocenters. The maximum atomic E-state index is 13.8. The van der Waals surface area contributed by atoms with Crippen LogP contribution in [0.4, 0.5) is 20.5 Å². The molecule has 0 aliphatic carbocycles. The SMILES string of the molecule is COc1cc2c(N3CCCCC3N)nc(N3CCC(F)(F)CC3)nc2cc1OCCCN1CCCC1. The van der Waals surface area contributed by atoms with Crippen molar-refractivity contribution >= 4 is 22.7 Å². The molecule has 0 saturated carbocycles. The Hall–Kier alpha value is -2.46. The van der Waals surface area contributed by atoms with Gasteiger partial charge in [0.15, 0.2) is 11.5 Å². The van der Waals surface area contributed by atoms with Gasteiger partial charge in [0.25, 0.3) is 5.92 Å². The molecule has 3 aliphatic rings. The highest BCUT2D eigenvalue weighted by Gasteiger charge is 2.35. The summed E-state index contributed by atoms with van der Waals surface area (Å²) in [6, 6.07) is 3.82. The quantitative estimate of drug-likeness (QED) is 0.540. The number of hydrogen-bond donors (Lipinski definition) is 1. The molecule has 0 bridgehead atoms. The van der Waals surface area contributed by atoms with Crippen LogP contribution in [0.2, 0.25) is 0 Å². The summed E-state index contributed by atoms with van der Waals surface area (Å²) in [5.74, 6) is -0.163. The maximum absolute atomic E-state index is 13.8. The van der Waals surface area contributed by atoms with E-state index in [1.54, 1.807) is 7.11 Å². The van der Waals surface area contributed by atoms with E-state index < -0.39 is 5.92 Å². The Balaban J connectivity index is 1.45. The standard InChI is InChI=1S/C26H38F2N6O2/c1-35-21-17-19-20(18-22(21)36-16-6-12-32-10-4-5-11-32)30-25(33-14-8-26(27,28)9-15-33)31-24(19)34-13-3-2-7-23(34)29/h17-18,23H,2-16,29H2,1H3. The van der Waals surface area contributed by atoms with Crippen LogP contribution in [0.5, 0.6) is 11.5 Å². The Labute approximate surface area is 211 Å². The van der Waals surface area contributed by atoms with E-state index in [4.69, 9.17) is 25.2 Å². The second-order valence-electron chi connectivity index (χ2n) is 10.2. The van der Waals surface area contributed by atoms with Crippen LogP contribution in [0.3, 0.4) is 0 Å². The number of nitrogens with two attached hydrogens (primary N) is 1. The number of fused-ring (bicyclic) bond motifs is 1. The van der Waals surface area contributed by atoms with Crippen molar-refractivity contribution in [3.05, 3.63) is 12.1 Å². The van der Waals surface area contributed by atoms with E-state index in [9.17, 15) is 8.78 Å². The van der Waals surface area contributed by atoms with E-state index >= 15 is 0 Å². The number of halogens is 2. The number of ether oxygens (including phenoxy) is 2. The van der Waals surface area contributed by atoms with Gasteiger partial charge < -0.3 is 29.9 Å². The van der Waals surface area contributed by atoms with Crippen molar-refractivity contribution in [2.75, 3.05) is 62.8 Å². The lowest BCUT2D eigenvalue weighted by molar-refractivity contribution is -0.0222. The van der Waals surface area contributed by atoms with Crippen molar-refractivity contribution in [2.45, 2.75) is 63.5 Å². The lowest BCUT2D eigenvalue weighted by atomic mass is 10.1.